The summed E-state index contributed by atoms with van der Waals surface area (Å²) in [4.78, 5) is 32.4. The smallest absolute Gasteiger partial charge is 0.368 e. The van der Waals surface area contributed by atoms with Gasteiger partial charge in [0.15, 0.2) is 0 Å². The van der Waals surface area contributed by atoms with Crippen LogP contribution in [0.25, 0.3) is 0 Å². The third-order valence-corrected chi connectivity index (χ3v) is 4.16. The van der Waals surface area contributed by atoms with Crippen molar-refractivity contribution >= 4 is 29.1 Å². The van der Waals surface area contributed by atoms with Crippen LogP contribution in [0.5, 0.6) is 0 Å². The lowest BCUT2D eigenvalue weighted by atomic mass is 10.1. The van der Waals surface area contributed by atoms with E-state index in [1.54, 1.807) is 6.92 Å². The molecule has 0 saturated heterocycles. The molecule has 2 aromatic carbocycles. The third kappa shape index (κ3) is 5.32. The molecule has 0 aliphatic carbocycles. The van der Waals surface area contributed by atoms with E-state index in [9.17, 15) is 27.2 Å². The first-order valence-corrected chi connectivity index (χ1v) is 8.71. The molecule has 0 spiro atoms. The predicted octanol–water partition coefficient (Wildman–Crippen LogP) is 4.03. The molecule has 4 N–H and O–H groups in total. The molecular formula is C20H15F4N5O2. The number of amides is 2. The van der Waals surface area contributed by atoms with Crippen molar-refractivity contribution in [3.63, 3.8) is 0 Å². The number of rotatable bonds is 4. The van der Waals surface area contributed by atoms with Gasteiger partial charge in [-0.1, -0.05) is 6.07 Å². The van der Waals surface area contributed by atoms with Crippen LogP contribution < -0.4 is 16.4 Å². The van der Waals surface area contributed by atoms with Crippen molar-refractivity contribution in [2.24, 2.45) is 0 Å². The Morgan fingerprint density at radius 2 is 1.58 bits per heavy atom. The van der Waals surface area contributed by atoms with E-state index in [-0.39, 0.29) is 22.9 Å². The Hall–Kier alpha value is -4.02. The lowest BCUT2D eigenvalue weighted by Gasteiger charge is -2.12. The quantitative estimate of drug-likeness (QED) is 0.538. The highest BCUT2D eigenvalue weighted by Gasteiger charge is 2.32. The normalized spacial score (nSPS) is 11.1. The summed E-state index contributed by atoms with van der Waals surface area (Å²) in [5.74, 6) is -2.67. The maximum absolute atomic E-state index is 13.6. The van der Waals surface area contributed by atoms with Crippen LogP contribution in [0.3, 0.4) is 0 Å². The van der Waals surface area contributed by atoms with Gasteiger partial charge in [-0.2, -0.15) is 13.2 Å². The number of carbonyl (C=O) groups excluding carboxylic acids is 2. The van der Waals surface area contributed by atoms with Crippen LogP contribution in [0.4, 0.5) is 34.9 Å². The van der Waals surface area contributed by atoms with Gasteiger partial charge in [0.1, 0.15) is 5.82 Å². The molecule has 31 heavy (non-hydrogen) atoms. The minimum Gasteiger partial charge on any atom is -0.368 e. The van der Waals surface area contributed by atoms with E-state index in [4.69, 9.17) is 5.73 Å². The molecule has 1 aromatic heterocycles. The van der Waals surface area contributed by atoms with E-state index in [0.29, 0.717) is 23.8 Å². The van der Waals surface area contributed by atoms with Crippen molar-refractivity contribution < 1.29 is 27.2 Å². The van der Waals surface area contributed by atoms with Crippen molar-refractivity contribution in [3.8, 4) is 0 Å². The van der Waals surface area contributed by atoms with E-state index in [1.807, 2.05) is 0 Å². The number of hydrogen-bond acceptors (Lipinski definition) is 5. The Bertz CT molecular complexity index is 1150. The number of aromatic nitrogens is 2. The molecule has 7 nitrogen and oxygen atoms in total. The molecule has 0 saturated carbocycles. The van der Waals surface area contributed by atoms with Gasteiger partial charge in [0.05, 0.1) is 23.6 Å². The van der Waals surface area contributed by atoms with Gasteiger partial charge in [0.2, 0.25) is 5.95 Å². The van der Waals surface area contributed by atoms with Crippen LogP contribution in [0, 0.1) is 12.7 Å². The molecule has 0 fully saturated rings. The fourth-order valence-corrected chi connectivity index (χ4v) is 2.63. The SMILES string of the molecule is Cc1ccc(NC(=O)c2cc(F)cc(C(F)(F)F)c2)cc1C(=O)Nc1cnc(N)nc1. The van der Waals surface area contributed by atoms with E-state index >= 15 is 0 Å². The fourth-order valence-electron chi connectivity index (χ4n) is 2.63. The predicted molar refractivity (Wildman–Crippen MR) is 105 cm³/mol. The van der Waals surface area contributed by atoms with Crippen molar-refractivity contribution in [2.75, 3.05) is 16.4 Å². The number of nitrogens with one attached hydrogen (secondary N) is 2. The number of nitrogens with zero attached hydrogens (tertiary/aromatic N) is 2. The highest BCUT2D eigenvalue weighted by Crippen LogP contribution is 2.30. The first-order valence-electron chi connectivity index (χ1n) is 8.71. The summed E-state index contributed by atoms with van der Waals surface area (Å²) in [5, 5.41) is 4.93. The van der Waals surface area contributed by atoms with E-state index < -0.39 is 34.9 Å². The van der Waals surface area contributed by atoms with Gasteiger partial charge in [-0.3, -0.25) is 9.59 Å². The van der Waals surface area contributed by atoms with Crippen LogP contribution in [0.15, 0.2) is 48.8 Å². The molecule has 0 aliphatic heterocycles. The summed E-state index contributed by atoms with van der Waals surface area (Å²) >= 11 is 0. The topological polar surface area (TPSA) is 110 Å². The molecule has 1 heterocycles. The molecule has 3 aromatic rings. The summed E-state index contributed by atoms with van der Waals surface area (Å²) in [6, 6.07) is 5.86. The summed E-state index contributed by atoms with van der Waals surface area (Å²) in [6.45, 7) is 1.65. The zero-order chi connectivity index (χ0) is 22.8. The molecular weight excluding hydrogens is 418 g/mol. The zero-order valence-corrected chi connectivity index (χ0v) is 15.9. The molecule has 0 atom stereocenters. The van der Waals surface area contributed by atoms with E-state index in [2.05, 4.69) is 20.6 Å². The van der Waals surface area contributed by atoms with Crippen molar-refractivity contribution in [1.82, 2.24) is 9.97 Å². The number of benzene rings is 2. The van der Waals surface area contributed by atoms with Gasteiger partial charge in [-0.05, 0) is 42.8 Å². The Balaban J connectivity index is 1.81. The minimum atomic E-state index is -4.81. The summed E-state index contributed by atoms with van der Waals surface area (Å²) < 4.78 is 52.2. The summed E-state index contributed by atoms with van der Waals surface area (Å²) in [6.07, 6.45) is -2.19. The Labute approximate surface area is 173 Å². The minimum absolute atomic E-state index is 0.0323. The van der Waals surface area contributed by atoms with E-state index in [1.165, 1.54) is 30.6 Å². The standard InChI is InChI=1S/C20H15F4N5O2/c1-10-2-3-14(7-16(10)18(31)29-15-8-26-19(25)27-9-15)28-17(30)11-4-12(20(22,23)24)6-13(21)5-11/h2-9H,1H3,(H,28,30)(H,29,31)(H2,25,26,27). The largest absolute Gasteiger partial charge is 0.416 e. The number of nitrogen functional groups attached to an aromatic ring is 1. The number of alkyl halides is 3. The Morgan fingerprint density at radius 3 is 2.23 bits per heavy atom. The average Bonchev–Trinajstić information content (AvgIpc) is 2.70. The van der Waals surface area contributed by atoms with Gasteiger partial charge < -0.3 is 16.4 Å². The number of carbonyl (C=O) groups is 2. The first kappa shape index (κ1) is 21.7. The number of nitrogens with two attached hydrogens (primary N) is 1. The molecule has 3 rings (SSSR count). The second-order valence-corrected chi connectivity index (χ2v) is 6.49. The fraction of sp³-hybridized carbons (Fsp3) is 0.100. The number of anilines is 3. The third-order valence-electron chi connectivity index (χ3n) is 4.16. The molecule has 11 heteroatoms. The summed E-state index contributed by atoms with van der Waals surface area (Å²) in [7, 11) is 0. The van der Waals surface area contributed by atoms with Crippen molar-refractivity contribution in [2.45, 2.75) is 13.1 Å². The lowest BCUT2D eigenvalue weighted by Crippen LogP contribution is -2.17. The molecule has 0 unspecified atom stereocenters. The Morgan fingerprint density at radius 1 is 0.935 bits per heavy atom. The van der Waals surface area contributed by atoms with Crippen LogP contribution in [-0.2, 0) is 6.18 Å². The maximum Gasteiger partial charge on any atom is 0.416 e. The molecule has 160 valence electrons. The monoisotopic (exact) mass is 433 g/mol. The Kier molecular flexibility index (Phi) is 5.86. The van der Waals surface area contributed by atoms with Crippen molar-refractivity contribution in [1.29, 1.82) is 0 Å². The molecule has 0 aliphatic rings. The second kappa shape index (κ2) is 8.38. The maximum atomic E-state index is 13.6. The van der Waals surface area contributed by atoms with Gasteiger partial charge in [0, 0.05) is 16.8 Å². The van der Waals surface area contributed by atoms with Crippen LogP contribution in [0.1, 0.15) is 31.8 Å². The highest BCUT2D eigenvalue weighted by atomic mass is 19.4. The molecule has 0 radical (unpaired) electrons. The van der Waals surface area contributed by atoms with Crippen LogP contribution in [-0.4, -0.2) is 21.8 Å². The van der Waals surface area contributed by atoms with Gasteiger partial charge in [0.25, 0.3) is 11.8 Å². The van der Waals surface area contributed by atoms with Gasteiger partial charge in [-0.25, -0.2) is 14.4 Å². The summed E-state index contributed by atoms with van der Waals surface area (Å²) in [5.41, 5.74) is 4.76. The number of halogens is 4. The van der Waals surface area contributed by atoms with Crippen molar-refractivity contribution in [3.05, 3.63) is 76.9 Å². The molecule has 2 amide bonds. The lowest BCUT2D eigenvalue weighted by molar-refractivity contribution is -0.137. The number of aryl methyl sites for hydroxylation is 1. The van der Waals surface area contributed by atoms with Gasteiger partial charge in [-0.15, -0.1) is 0 Å². The van der Waals surface area contributed by atoms with Gasteiger partial charge >= 0.3 is 6.18 Å². The zero-order valence-electron chi connectivity index (χ0n) is 15.9. The van der Waals surface area contributed by atoms with Crippen LogP contribution >= 0.6 is 0 Å². The van der Waals surface area contributed by atoms with Crippen LogP contribution in [0.2, 0.25) is 0 Å². The molecule has 0 bridgehead atoms. The first-order chi connectivity index (χ1) is 14.5. The second-order valence-electron chi connectivity index (χ2n) is 6.49. The number of hydrogen-bond donors (Lipinski definition) is 3. The van der Waals surface area contributed by atoms with E-state index in [0.717, 1.165) is 0 Å². The highest BCUT2D eigenvalue weighted by molar-refractivity contribution is 6.08. The average molecular weight is 433 g/mol.